The highest BCUT2D eigenvalue weighted by atomic mass is 32.1. The number of hydrogen-bond acceptors (Lipinski definition) is 11. The predicted octanol–water partition coefficient (Wildman–Crippen LogP) is 3.86. The summed E-state index contributed by atoms with van der Waals surface area (Å²) < 4.78 is 16.2. The van der Waals surface area contributed by atoms with Gasteiger partial charge in [0.2, 0.25) is 16.9 Å². The van der Waals surface area contributed by atoms with Gasteiger partial charge < -0.3 is 14.2 Å². The summed E-state index contributed by atoms with van der Waals surface area (Å²) in [7, 11) is 0. The topological polar surface area (TPSA) is 129 Å². The summed E-state index contributed by atoms with van der Waals surface area (Å²) in [6.07, 6.45) is 0.596. The summed E-state index contributed by atoms with van der Waals surface area (Å²) >= 11 is 1.09. The van der Waals surface area contributed by atoms with Crippen LogP contribution in [-0.4, -0.2) is 46.2 Å². The van der Waals surface area contributed by atoms with E-state index in [0.29, 0.717) is 39.9 Å². The first-order chi connectivity index (χ1) is 16.9. The summed E-state index contributed by atoms with van der Waals surface area (Å²) in [4.78, 5) is 23.1. The van der Waals surface area contributed by atoms with Crippen LogP contribution in [0.15, 0.2) is 35.4 Å². The average molecular weight is 496 g/mol. The third-order valence-corrected chi connectivity index (χ3v) is 6.61. The van der Waals surface area contributed by atoms with Crippen LogP contribution in [0.3, 0.4) is 0 Å². The zero-order valence-electron chi connectivity index (χ0n) is 19.2. The number of hydrogen-bond donors (Lipinski definition) is 0. The van der Waals surface area contributed by atoms with Gasteiger partial charge in [0.25, 0.3) is 5.69 Å². The van der Waals surface area contributed by atoms with Crippen molar-refractivity contribution in [1.29, 1.82) is 0 Å². The fourth-order valence-electron chi connectivity index (χ4n) is 4.07. The highest BCUT2D eigenvalue weighted by molar-refractivity contribution is 7.17. The maximum Gasteiger partial charge on any atom is 0.369 e. The van der Waals surface area contributed by atoms with Crippen molar-refractivity contribution >= 4 is 33.8 Å². The lowest BCUT2D eigenvalue weighted by Crippen LogP contribution is -2.29. The lowest BCUT2D eigenvalue weighted by molar-refractivity contribution is -0.385. The summed E-state index contributed by atoms with van der Waals surface area (Å²) in [5, 5.41) is 26.8. The molecule has 3 heterocycles. The highest BCUT2D eigenvalue weighted by Gasteiger charge is 2.30. The molecule has 5 rings (SSSR count). The fraction of sp³-hybridized carbons (Fsp3) is 0.304. The SMILES string of the molecule is CCOC(=O)c1nnc(N2N=C(c3ccc([N+](=O)[O-])c(C)c3)c3cc4c(cc3CC2C)OCO4)s1. The average Bonchev–Trinajstić information content (AvgIpc) is 3.46. The normalized spacial score (nSPS) is 16.4. The van der Waals surface area contributed by atoms with Crippen molar-refractivity contribution in [3.8, 4) is 11.5 Å². The molecule has 2 aromatic carbocycles. The molecule has 0 saturated carbocycles. The van der Waals surface area contributed by atoms with Crippen LogP contribution in [0.1, 0.15) is 45.9 Å². The Hall–Kier alpha value is -4.06. The van der Waals surface area contributed by atoms with Gasteiger partial charge in [-0.05, 0) is 57.0 Å². The van der Waals surface area contributed by atoms with Crippen LogP contribution >= 0.6 is 11.3 Å². The number of carbonyl (C=O) groups is 1. The van der Waals surface area contributed by atoms with Crippen LogP contribution in [0.5, 0.6) is 11.5 Å². The minimum Gasteiger partial charge on any atom is -0.461 e. The molecule has 35 heavy (non-hydrogen) atoms. The van der Waals surface area contributed by atoms with E-state index in [4.69, 9.17) is 19.3 Å². The maximum absolute atomic E-state index is 12.1. The number of hydrazone groups is 1. The van der Waals surface area contributed by atoms with E-state index < -0.39 is 10.9 Å². The Labute approximate surface area is 204 Å². The molecular weight excluding hydrogens is 474 g/mol. The summed E-state index contributed by atoms with van der Waals surface area (Å²) in [5.74, 6) is 0.726. The molecule has 2 aliphatic rings. The smallest absolute Gasteiger partial charge is 0.369 e. The van der Waals surface area contributed by atoms with E-state index in [-0.39, 0.29) is 30.1 Å². The lowest BCUT2D eigenvalue weighted by atomic mass is 9.93. The first-order valence-electron chi connectivity index (χ1n) is 10.9. The molecule has 0 aliphatic carbocycles. The lowest BCUT2D eigenvalue weighted by Gasteiger charge is -2.21. The Bertz CT molecular complexity index is 1370. The zero-order valence-corrected chi connectivity index (χ0v) is 20.0. The summed E-state index contributed by atoms with van der Waals surface area (Å²) in [6, 6.07) is 8.57. The molecule has 0 bridgehead atoms. The van der Waals surface area contributed by atoms with Crippen LogP contribution in [0.2, 0.25) is 0 Å². The van der Waals surface area contributed by atoms with Gasteiger partial charge in [-0.3, -0.25) is 10.1 Å². The van der Waals surface area contributed by atoms with E-state index in [1.54, 1.807) is 31.0 Å². The Kier molecular flexibility index (Phi) is 5.81. The molecule has 0 fully saturated rings. The van der Waals surface area contributed by atoms with Gasteiger partial charge >= 0.3 is 5.97 Å². The van der Waals surface area contributed by atoms with E-state index in [0.717, 1.165) is 22.5 Å². The standard InChI is InChI=1S/C23H21N5O6S/c1-4-32-22(29)21-24-25-23(35-21)27-13(3)8-15-9-18-19(34-11-33-18)10-16(15)20(26-27)14-5-6-17(28(30)31)12(2)7-14/h5-7,9-10,13H,4,8,11H2,1-3H3. The second-order valence-corrected chi connectivity index (χ2v) is 9.03. The molecule has 1 unspecified atom stereocenters. The molecular formula is C23H21N5O6S. The number of ether oxygens (including phenoxy) is 3. The van der Waals surface area contributed by atoms with Gasteiger partial charge in [-0.1, -0.05) is 11.3 Å². The molecule has 1 aromatic heterocycles. The van der Waals surface area contributed by atoms with Gasteiger partial charge in [-0.15, -0.1) is 10.2 Å². The zero-order chi connectivity index (χ0) is 24.7. The van der Waals surface area contributed by atoms with Crippen LogP contribution in [-0.2, 0) is 11.2 Å². The molecule has 0 saturated heterocycles. The second kappa shape index (κ2) is 8.95. The van der Waals surface area contributed by atoms with Gasteiger partial charge in [0.1, 0.15) is 0 Å². The minimum atomic E-state index is -0.539. The van der Waals surface area contributed by atoms with Gasteiger partial charge in [0.15, 0.2) is 11.5 Å². The number of anilines is 1. The maximum atomic E-state index is 12.1. The minimum absolute atomic E-state index is 0.0299. The molecule has 3 aromatic rings. The van der Waals surface area contributed by atoms with Gasteiger partial charge in [0, 0.05) is 22.8 Å². The molecule has 11 nitrogen and oxygen atoms in total. The molecule has 180 valence electrons. The molecule has 12 heteroatoms. The monoisotopic (exact) mass is 495 g/mol. The van der Waals surface area contributed by atoms with E-state index in [1.807, 2.05) is 19.1 Å². The van der Waals surface area contributed by atoms with Gasteiger partial charge in [0.05, 0.1) is 23.3 Å². The van der Waals surface area contributed by atoms with Crippen LogP contribution in [0, 0.1) is 17.0 Å². The van der Waals surface area contributed by atoms with Crippen LogP contribution < -0.4 is 14.5 Å². The third kappa shape index (κ3) is 4.16. The number of nitrogens with zero attached hydrogens (tertiary/aromatic N) is 5. The number of benzene rings is 2. The summed E-state index contributed by atoms with van der Waals surface area (Å²) in [6.45, 7) is 5.79. The van der Waals surface area contributed by atoms with E-state index >= 15 is 0 Å². The van der Waals surface area contributed by atoms with E-state index in [9.17, 15) is 14.9 Å². The Morgan fingerprint density at radius 1 is 1.26 bits per heavy atom. The number of nitro benzene ring substituents is 1. The number of rotatable bonds is 5. The number of esters is 1. The van der Waals surface area contributed by atoms with E-state index in [1.165, 1.54) is 6.07 Å². The molecule has 0 radical (unpaired) electrons. The quantitative estimate of drug-likeness (QED) is 0.294. The van der Waals surface area contributed by atoms with Gasteiger partial charge in [-0.2, -0.15) is 5.10 Å². The molecule has 0 N–H and O–H groups in total. The molecule has 0 amide bonds. The van der Waals surface area contributed by atoms with Crippen LogP contribution in [0.4, 0.5) is 10.8 Å². The molecule has 0 spiro atoms. The number of carbonyl (C=O) groups excluding carboxylic acids is 1. The van der Waals surface area contributed by atoms with Crippen molar-refractivity contribution in [3.63, 3.8) is 0 Å². The van der Waals surface area contributed by atoms with E-state index in [2.05, 4.69) is 10.2 Å². The van der Waals surface area contributed by atoms with Gasteiger partial charge in [-0.25, -0.2) is 9.80 Å². The summed E-state index contributed by atoms with van der Waals surface area (Å²) in [5.41, 5.74) is 3.64. The molecule has 1 atom stereocenters. The van der Waals surface area contributed by atoms with Crippen molar-refractivity contribution in [1.82, 2.24) is 10.2 Å². The first kappa shape index (κ1) is 22.7. The van der Waals surface area contributed by atoms with Crippen molar-refractivity contribution < 1.29 is 23.9 Å². The van der Waals surface area contributed by atoms with Crippen LogP contribution in [0.25, 0.3) is 0 Å². The Morgan fingerprint density at radius 2 is 2.03 bits per heavy atom. The van der Waals surface area contributed by atoms with Crippen molar-refractivity contribution in [2.24, 2.45) is 5.10 Å². The number of aromatic nitrogens is 2. The largest absolute Gasteiger partial charge is 0.461 e. The highest BCUT2D eigenvalue weighted by Crippen LogP contribution is 2.39. The number of fused-ring (bicyclic) bond motifs is 2. The molecule has 2 aliphatic heterocycles. The number of nitro groups is 1. The predicted molar refractivity (Wildman–Crippen MR) is 128 cm³/mol. The first-order valence-corrected chi connectivity index (χ1v) is 11.7. The fourth-order valence-corrected chi connectivity index (χ4v) is 4.87. The van der Waals surface area contributed by atoms with Crippen molar-refractivity contribution in [3.05, 3.63) is 67.7 Å². The second-order valence-electron chi connectivity index (χ2n) is 8.08. The number of aryl methyl sites for hydroxylation is 1. The third-order valence-electron chi connectivity index (χ3n) is 5.72. The Balaban J connectivity index is 1.65. The Morgan fingerprint density at radius 3 is 2.74 bits per heavy atom. The van der Waals surface area contributed by atoms with Crippen molar-refractivity contribution in [2.45, 2.75) is 33.2 Å². The van der Waals surface area contributed by atoms with Crippen molar-refractivity contribution in [2.75, 3.05) is 18.4 Å².